The third-order valence-electron chi connectivity index (χ3n) is 5.36. The number of nitrogens with zero attached hydrogens (tertiary/aromatic N) is 3. The lowest BCUT2D eigenvalue weighted by Crippen LogP contribution is -2.23. The van der Waals surface area contributed by atoms with Crippen LogP contribution in [0.1, 0.15) is 61.8 Å². The van der Waals surface area contributed by atoms with Crippen LogP contribution >= 0.6 is 0 Å². The molecule has 0 fully saturated rings. The van der Waals surface area contributed by atoms with Gasteiger partial charge in [-0.2, -0.15) is 18.3 Å². The van der Waals surface area contributed by atoms with Crippen molar-refractivity contribution in [2.24, 2.45) is 5.41 Å². The van der Waals surface area contributed by atoms with E-state index in [-0.39, 0.29) is 24.4 Å². The molecule has 0 unspecified atom stereocenters. The number of halogens is 3. The van der Waals surface area contributed by atoms with E-state index in [2.05, 4.69) is 10.1 Å². The number of esters is 1. The summed E-state index contributed by atoms with van der Waals surface area (Å²) in [7, 11) is 0. The van der Waals surface area contributed by atoms with Crippen molar-refractivity contribution in [2.75, 3.05) is 13.2 Å². The standard InChI is InChI=1S/C21H24F3N3O3/c1-4-30-19(29)14-11-25-27(18(14)21(22,23)24)17-9-5-8-16(26-17)13-7-6-10-20(2,3)15(13)12-28/h5,8-9,11,28H,4,6-7,10,12H2,1-3H3. The van der Waals surface area contributed by atoms with E-state index in [1.807, 2.05) is 13.8 Å². The second kappa shape index (κ2) is 8.22. The topological polar surface area (TPSA) is 77.2 Å². The Hall–Kier alpha value is -2.68. The summed E-state index contributed by atoms with van der Waals surface area (Å²) in [6.07, 6.45) is -1.52. The molecule has 3 rings (SSSR count). The Labute approximate surface area is 172 Å². The molecule has 6 nitrogen and oxygen atoms in total. The number of carbonyl (C=O) groups is 1. The second-order valence-corrected chi connectivity index (χ2v) is 7.77. The number of rotatable bonds is 5. The average molecular weight is 423 g/mol. The summed E-state index contributed by atoms with van der Waals surface area (Å²) < 4.78 is 46.6. The fourth-order valence-electron chi connectivity index (χ4n) is 3.87. The van der Waals surface area contributed by atoms with E-state index in [0.717, 1.165) is 30.2 Å². The molecule has 0 bridgehead atoms. The normalized spacial score (nSPS) is 16.6. The molecular formula is C21H24F3N3O3. The van der Waals surface area contributed by atoms with Gasteiger partial charge in [0, 0.05) is 0 Å². The number of ether oxygens (including phenoxy) is 1. The maximum absolute atomic E-state index is 13.8. The monoisotopic (exact) mass is 423 g/mol. The van der Waals surface area contributed by atoms with E-state index in [0.29, 0.717) is 16.8 Å². The highest BCUT2D eigenvalue weighted by Gasteiger charge is 2.41. The number of alkyl halides is 3. The number of pyridine rings is 1. The lowest BCUT2D eigenvalue weighted by Gasteiger charge is -2.34. The summed E-state index contributed by atoms with van der Waals surface area (Å²) in [5, 5.41) is 13.7. The van der Waals surface area contributed by atoms with Gasteiger partial charge < -0.3 is 9.84 Å². The molecule has 30 heavy (non-hydrogen) atoms. The zero-order valence-electron chi connectivity index (χ0n) is 17.1. The number of allylic oxidation sites excluding steroid dienone is 1. The van der Waals surface area contributed by atoms with Crippen LogP contribution in [0.15, 0.2) is 30.0 Å². The van der Waals surface area contributed by atoms with Crippen LogP contribution in [0.25, 0.3) is 11.4 Å². The van der Waals surface area contributed by atoms with E-state index in [4.69, 9.17) is 4.74 Å². The maximum Gasteiger partial charge on any atom is 0.434 e. The summed E-state index contributed by atoms with van der Waals surface area (Å²) in [4.78, 5) is 16.4. The third kappa shape index (κ3) is 4.12. The SMILES string of the molecule is CCOC(=O)c1cnn(-c2cccc(C3=C(CO)C(C)(C)CCC3)n2)c1C(F)(F)F. The van der Waals surface area contributed by atoms with Crippen LogP contribution in [0.4, 0.5) is 13.2 Å². The molecule has 2 aromatic rings. The van der Waals surface area contributed by atoms with E-state index in [9.17, 15) is 23.1 Å². The Bertz CT molecular complexity index is 977. The number of hydrogen-bond donors (Lipinski definition) is 1. The van der Waals surface area contributed by atoms with E-state index >= 15 is 0 Å². The Morgan fingerprint density at radius 3 is 2.70 bits per heavy atom. The zero-order chi connectivity index (χ0) is 22.1. The fraction of sp³-hybridized carbons (Fsp3) is 0.476. The number of aromatic nitrogens is 3. The number of aliphatic hydroxyl groups is 1. The van der Waals surface area contributed by atoms with Crippen LogP contribution in [0.3, 0.4) is 0 Å². The first-order valence-electron chi connectivity index (χ1n) is 9.73. The molecule has 2 aromatic heterocycles. The van der Waals surface area contributed by atoms with Gasteiger partial charge in [0.05, 0.1) is 25.1 Å². The first-order valence-corrected chi connectivity index (χ1v) is 9.73. The number of aliphatic hydroxyl groups excluding tert-OH is 1. The molecule has 9 heteroatoms. The van der Waals surface area contributed by atoms with Gasteiger partial charge in [0.25, 0.3) is 0 Å². The molecule has 0 amide bonds. The summed E-state index contributed by atoms with van der Waals surface area (Å²) in [6, 6.07) is 4.69. The number of hydrogen-bond acceptors (Lipinski definition) is 5. The molecule has 0 saturated heterocycles. The predicted octanol–water partition coefficient (Wildman–Crippen LogP) is 4.42. The van der Waals surface area contributed by atoms with Gasteiger partial charge in [-0.25, -0.2) is 14.5 Å². The van der Waals surface area contributed by atoms with Crippen molar-refractivity contribution in [3.05, 3.63) is 46.9 Å². The van der Waals surface area contributed by atoms with E-state index < -0.39 is 23.4 Å². The van der Waals surface area contributed by atoms with Gasteiger partial charge in [-0.15, -0.1) is 0 Å². The maximum atomic E-state index is 13.8. The van der Waals surface area contributed by atoms with Crippen molar-refractivity contribution in [1.29, 1.82) is 0 Å². The molecule has 0 atom stereocenters. The van der Waals surface area contributed by atoms with Crippen molar-refractivity contribution >= 4 is 11.5 Å². The molecule has 0 spiro atoms. The Kier molecular flexibility index (Phi) is 6.03. The lowest BCUT2D eigenvalue weighted by molar-refractivity contribution is -0.143. The van der Waals surface area contributed by atoms with Crippen molar-refractivity contribution in [2.45, 2.75) is 46.2 Å². The van der Waals surface area contributed by atoms with Gasteiger partial charge in [0.1, 0.15) is 5.56 Å². The molecule has 1 aliphatic rings. The highest BCUT2D eigenvalue weighted by Crippen LogP contribution is 2.43. The quantitative estimate of drug-likeness (QED) is 0.721. The van der Waals surface area contributed by atoms with Gasteiger partial charge in [-0.3, -0.25) is 0 Å². The van der Waals surface area contributed by atoms with Crippen LogP contribution in [0, 0.1) is 5.41 Å². The summed E-state index contributed by atoms with van der Waals surface area (Å²) in [6.45, 7) is 5.38. The van der Waals surface area contributed by atoms with E-state index in [1.54, 1.807) is 12.1 Å². The summed E-state index contributed by atoms with van der Waals surface area (Å²) in [5.74, 6) is -1.16. The van der Waals surface area contributed by atoms with Crippen molar-refractivity contribution in [3.8, 4) is 5.82 Å². The van der Waals surface area contributed by atoms with Crippen molar-refractivity contribution in [1.82, 2.24) is 14.8 Å². The first-order chi connectivity index (χ1) is 14.1. The van der Waals surface area contributed by atoms with Gasteiger partial charge in [0.15, 0.2) is 11.5 Å². The molecule has 2 heterocycles. The Morgan fingerprint density at radius 2 is 2.07 bits per heavy atom. The zero-order valence-corrected chi connectivity index (χ0v) is 17.1. The second-order valence-electron chi connectivity index (χ2n) is 7.77. The highest BCUT2D eigenvalue weighted by atomic mass is 19.4. The summed E-state index contributed by atoms with van der Waals surface area (Å²) >= 11 is 0. The van der Waals surface area contributed by atoms with Gasteiger partial charge in [-0.1, -0.05) is 19.9 Å². The van der Waals surface area contributed by atoms with Crippen LogP contribution in [0.5, 0.6) is 0 Å². The van der Waals surface area contributed by atoms with Crippen LogP contribution < -0.4 is 0 Å². The van der Waals surface area contributed by atoms with Crippen molar-refractivity contribution < 1.29 is 27.8 Å². The minimum atomic E-state index is -4.83. The van der Waals surface area contributed by atoms with Crippen LogP contribution in [-0.4, -0.2) is 39.1 Å². The highest BCUT2D eigenvalue weighted by molar-refractivity contribution is 5.90. The molecule has 0 radical (unpaired) electrons. The molecule has 1 aliphatic carbocycles. The Balaban J connectivity index is 2.14. The fourth-order valence-corrected chi connectivity index (χ4v) is 3.87. The molecule has 162 valence electrons. The summed E-state index contributed by atoms with van der Waals surface area (Å²) in [5.41, 5.74) is 0.0474. The molecule has 1 N–H and O–H groups in total. The molecule has 0 saturated carbocycles. The first kappa shape index (κ1) is 22.0. The molecular weight excluding hydrogens is 399 g/mol. The van der Waals surface area contributed by atoms with Crippen LogP contribution in [-0.2, 0) is 10.9 Å². The van der Waals surface area contributed by atoms with Crippen LogP contribution in [0.2, 0.25) is 0 Å². The minimum Gasteiger partial charge on any atom is -0.462 e. The van der Waals surface area contributed by atoms with Gasteiger partial charge in [0.2, 0.25) is 0 Å². The third-order valence-corrected chi connectivity index (χ3v) is 5.36. The molecule has 0 aliphatic heterocycles. The van der Waals surface area contributed by atoms with Gasteiger partial charge in [-0.05, 0) is 54.9 Å². The number of carbonyl (C=O) groups excluding carboxylic acids is 1. The largest absolute Gasteiger partial charge is 0.462 e. The minimum absolute atomic E-state index is 0.0527. The smallest absolute Gasteiger partial charge is 0.434 e. The predicted molar refractivity (Wildman–Crippen MR) is 104 cm³/mol. The van der Waals surface area contributed by atoms with E-state index in [1.165, 1.54) is 13.0 Å². The molecule has 0 aromatic carbocycles. The van der Waals surface area contributed by atoms with Crippen molar-refractivity contribution in [3.63, 3.8) is 0 Å². The lowest BCUT2D eigenvalue weighted by atomic mass is 9.72. The average Bonchev–Trinajstić information content (AvgIpc) is 3.13. The Morgan fingerprint density at radius 1 is 1.33 bits per heavy atom. The van der Waals surface area contributed by atoms with Gasteiger partial charge >= 0.3 is 12.1 Å².